The molecule has 0 aliphatic heterocycles. The summed E-state index contributed by atoms with van der Waals surface area (Å²) in [6.07, 6.45) is 0. The maximum atomic E-state index is 3.50. The normalized spacial score (nSPS) is 10.8. The predicted molar refractivity (Wildman–Crippen MR) is 171 cm³/mol. The van der Waals surface area contributed by atoms with E-state index in [1.54, 1.807) is 0 Å². The molecule has 40 heavy (non-hydrogen) atoms. The highest BCUT2D eigenvalue weighted by Gasteiger charge is 2.17. The summed E-state index contributed by atoms with van der Waals surface area (Å²) in [5.41, 5.74) is 12.8. The van der Waals surface area contributed by atoms with E-state index < -0.39 is 0 Å². The number of benzene rings is 6. The first kappa shape index (κ1) is 25.2. The summed E-state index contributed by atoms with van der Waals surface area (Å²) in [6.45, 7) is 4.25. The molecule has 6 aromatic rings. The van der Waals surface area contributed by atoms with Crippen LogP contribution < -0.4 is 10.2 Å². The van der Waals surface area contributed by atoms with E-state index >= 15 is 0 Å². The average molecular weight is 517 g/mol. The van der Waals surface area contributed by atoms with Crippen LogP contribution in [0.25, 0.3) is 22.3 Å². The van der Waals surface area contributed by atoms with E-state index in [0.29, 0.717) is 0 Å². The van der Waals surface area contributed by atoms with Crippen molar-refractivity contribution >= 4 is 28.4 Å². The second-order valence-corrected chi connectivity index (χ2v) is 10.2. The molecule has 0 amide bonds. The Morgan fingerprint density at radius 1 is 0.425 bits per heavy atom. The summed E-state index contributed by atoms with van der Waals surface area (Å²) in [4.78, 5) is 2.36. The molecular weight excluding hydrogens is 484 g/mol. The molecule has 1 N–H and O–H groups in total. The highest BCUT2D eigenvalue weighted by Crippen LogP contribution is 2.41. The molecule has 0 aromatic heterocycles. The highest BCUT2D eigenvalue weighted by atomic mass is 15.1. The van der Waals surface area contributed by atoms with Gasteiger partial charge in [0.05, 0.1) is 5.69 Å². The number of rotatable bonds is 7. The molecule has 6 aromatic carbocycles. The van der Waals surface area contributed by atoms with Gasteiger partial charge in [-0.25, -0.2) is 0 Å². The minimum absolute atomic E-state index is 1.08. The van der Waals surface area contributed by atoms with Gasteiger partial charge < -0.3 is 10.2 Å². The lowest BCUT2D eigenvalue weighted by atomic mass is 10.0. The van der Waals surface area contributed by atoms with Crippen LogP contribution in [0.5, 0.6) is 0 Å². The van der Waals surface area contributed by atoms with Crippen molar-refractivity contribution in [3.05, 3.63) is 163 Å². The third-order valence-electron chi connectivity index (χ3n) is 7.14. The van der Waals surface area contributed by atoms with Crippen molar-refractivity contribution in [1.29, 1.82) is 0 Å². The van der Waals surface area contributed by atoms with Gasteiger partial charge in [0, 0.05) is 28.3 Å². The van der Waals surface area contributed by atoms with Crippen LogP contribution >= 0.6 is 0 Å². The van der Waals surface area contributed by atoms with Crippen molar-refractivity contribution in [2.45, 2.75) is 13.8 Å². The number of nitrogens with one attached hydrogen (secondary N) is 1. The van der Waals surface area contributed by atoms with Gasteiger partial charge in [-0.3, -0.25) is 0 Å². The fraction of sp³-hybridized carbons (Fsp3) is 0.0526. The lowest BCUT2D eigenvalue weighted by molar-refractivity contribution is 1.27. The largest absolute Gasteiger partial charge is 0.356 e. The lowest BCUT2D eigenvalue weighted by Gasteiger charge is -2.28. The van der Waals surface area contributed by atoms with Gasteiger partial charge in [-0.2, -0.15) is 0 Å². The number of hydrogen-bond acceptors (Lipinski definition) is 2. The zero-order valence-corrected chi connectivity index (χ0v) is 22.9. The fourth-order valence-corrected chi connectivity index (χ4v) is 5.16. The first-order valence-electron chi connectivity index (χ1n) is 13.7. The SMILES string of the molecule is Cc1cccc(Nc2ccc(-c3ccc(N(c4cccc(C)c4)c4ccccc4-c4ccccc4)cc3)cc2)c1. The van der Waals surface area contributed by atoms with Crippen molar-refractivity contribution in [2.24, 2.45) is 0 Å². The molecule has 0 bridgehead atoms. The number of aryl methyl sites for hydroxylation is 2. The molecule has 0 saturated carbocycles. The Morgan fingerprint density at radius 3 is 1.75 bits per heavy atom. The van der Waals surface area contributed by atoms with Gasteiger partial charge in [0.25, 0.3) is 0 Å². The second-order valence-electron chi connectivity index (χ2n) is 10.2. The van der Waals surface area contributed by atoms with Crippen molar-refractivity contribution < 1.29 is 0 Å². The quantitative estimate of drug-likeness (QED) is 0.227. The van der Waals surface area contributed by atoms with Gasteiger partial charge in [-0.05, 0) is 96.3 Å². The summed E-state index contributed by atoms with van der Waals surface area (Å²) in [6, 6.07) is 53.9. The molecule has 0 heterocycles. The van der Waals surface area contributed by atoms with Crippen molar-refractivity contribution in [3.8, 4) is 22.3 Å². The van der Waals surface area contributed by atoms with Gasteiger partial charge in [-0.15, -0.1) is 0 Å². The van der Waals surface area contributed by atoms with E-state index in [0.717, 1.165) is 28.4 Å². The molecule has 2 nitrogen and oxygen atoms in total. The number of anilines is 5. The Balaban J connectivity index is 1.34. The van der Waals surface area contributed by atoms with Crippen LogP contribution in [0.1, 0.15) is 11.1 Å². The molecule has 0 radical (unpaired) electrons. The van der Waals surface area contributed by atoms with Crippen LogP contribution in [0.3, 0.4) is 0 Å². The maximum absolute atomic E-state index is 3.50. The van der Waals surface area contributed by atoms with Crippen LogP contribution in [-0.2, 0) is 0 Å². The number of para-hydroxylation sites is 1. The van der Waals surface area contributed by atoms with E-state index in [4.69, 9.17) is 0 Å². The van der Waals surface area contributed by atoms with Gasteiger partial charge in [0.2, 0.25) is 0 Å². The molecule has 0 atom stereocenters. The summed E-state index contributed by atoms with van der Waals surface area (Å²) >= 11 is 0. The molecule has 2 heteroatoms. The van der Waals surface area contributed by atoms with E-state index in [2.05, 4.69) is 176 Å². The minimum atomic E-state index is 1.08. The molecule has 0 spiro atoms. The third-order valence-corrected chi connectivity index (χ3v) is 7.14. The minimum Gasteiger partial charge on any atom is -0.356 e. The van der Waals surface area contributed by atoms with Crippen LogP contribution in [0.2, 0.25) is 0 Å². The fourth-order valence-electron chi connectivity index (χ4n) is 5.16. The number of nitrogens with zero attached hydrogens (tertiary/aromatic N) is 1. The molecule has 0 aliphatic rings. The Hall–Kier alpha value is -5.08. The average Bonchev–Trinajstić information content (AvgIpc) is 2.99. The molecule has 6 rings (SSSR count). The summed E-state index contributed by atoms with van der Waals surface area (Å²) in [5.74, 6) is 0. The maximum Gasteiger partial charge on any atom is 0.0540 e. The zero-order chi connectivity index (χ0) is 27.3. The highest BCUT2D eigenvalue weighted by molar-refractivity contribution is 5.88. The van der Waals surface area contributed by atoms with Crippen LogP contribution in [0.4, 0.5) is 28.4 Å². The third kappa shape index (κ3) is 5.52. The van der Waals surface area contributed by atoms with E-state index in [-0.39, 0.29) is 0 Å². The molecule has 0 fully saturated rings. The van der Waals surface area contributed by atoms with E-state index in [9.17, 15) is 0 Å². The van der Waals surface area contributed by atoms with Crippen molar-refractivity contribution in [2.75, 3.05) is 10.2 Å². The monoisotopic (exact) mass is 516 g/mol. The van der Waals surface area contributed by atoms with Gasteiger partial charge in [-0.1, -0.05) is 97.1 Å². The van der Waals surface area contributed by atoms with Crippen LogP contribution in [0.15, 0.2) is 152 Å². The van der Waals surface area contributed by atoms with E-state index in [1.807, 2.05) is 0 Å². The Kier molecular flexibility index (Phi) is 7.15. The van der Waals surface area contributed by atoms with Gasteiger partial charge in [0.1, 0.15) is 0 Å². The summed E-state index contributed by atoms with van der Waals surface area (Å²) in [7, 11) is 0. The molecule has 0 aliphatic carbocycles. The van der Waals surface area contributed by atoms with Gasteiger partial charge >= 0.3 is 0 Å². The smallest absolute Gasteiger partial charge is 0.0540 e. The van der Waals surface area contributed by atoms with Crippen molar-refractivity contribution in [1.82, 2.24) is 0 Å². The Morgan fingerprint density at radius 2 is 1.05 bits per heavy atom. The standard InChI is InChI=1S/C38H32N2/c1-28-10-8-14-34(26-28)39-33-22-18-30(19-23-33)31-20-24-35(25-21-31)40(36-15-9-11-29(2)27-36)38-17-7-6-16-37(38)32-12-4-3-5-13-32/h3-27,39H,1-2H3. The van der Waals surface area contributed by atoms with Gasteiger partial charge in [0.15, 0.2) is 0 Å². The molecular formula is C38H32N2. The second kappa shape index (κ2) is 11.3. The first-order chi connectivity index (χ1) is 19.6. The molecule has 0 unspecified atom stereocenters. The summed E-state index contributed by atoms with van der Waals surface area (Å²) in [5, 5.41) is 3.50. The predicted octanol–water partition coefficient (Wildman–Crippen LogP) is 10.9. The zero-order valence-electron chi connectivity index (χ0n) is 22.9. The molecule has 0 saturated heterocycles. The van der Waals surface area contributed by atoms with Crippen LogP contribution in [0, 0.1) is 13.8 Å². The van der Waals surface area contributed by atoms with Crippen molar-refractivity contribution in [3.63, 3.8) is 0 Å². The lowest BCUT2D eigenvalue weighted by Crippen LogP contribution is -2.11. The number of hydrogen-bond donors (Lipinski definition) is 1. The topological polar surface area (TPSA) is 15.3 Å². The first-order valence-corrected chi connectivity index (χ1v) is 13.7. The summed E-state index contributed by atoms with van der Waals surface area (Å²) < 4.78 is 0. The van der Waals surface area contributed by atoms with Crippen LogP contribution in [-0.4, -0.2) is 0 Å². The van der Waals surface area contributed by atoms with E-state index in [1.165, 1.54) is 33.4 Å². The molecule has 194 valence electrons. The Bertz CT molecular complexity index is 1720. The Labute approximate surface area is 237 Å².